The zero-order valence-corrected chi connectivity index (χ0v) is 11.6. The quantitative estimate of drug-likeness (QED) is 0.858. The monoisotopic (exact) mass is 274 g/mol. The molecule has 1 aromatic carbocycles. The van der Waals surface area contributed by atoms with E-state index in [1.54, 1.807) is 7.05 Å². The van der Waals surface area contributed by atoms with E-state index >= 15 is 0 Å². The fourth-order valence-corrected chi connectivity index (χ4v) is 2.00. The Morgan fingerprint density at radius 2 is 1.89 bits per heavy atom. The van der Waals surface area contributed by atoms with Crippen molar-refractivity contribution in [1.82, 2.24) is 10.2 Å². The highest BCUT2D eigenvalue weighted by Crippen LogP contribution is 2.19. The Morgan fingerprint density at radius 1 is 1.21 bits per heavy atom. The molecule has 0 aromatic heterocycles. The van der Waals surface area contributed by atoms with E-state index in [9.17, 15) is 13.2 Å². The third-order valence-corrected chi connectivity index (χ3v) is 2.97. The van der Waals surface area contributed by atoms with Gasteiger partial charge in [0.1, 0.15) is 0 Å². The largest absolute Gasteiger partial charge is 0.401 e. The molecule has 1 N–H and O–H groups in total. The number of halogens is 3. The summed E-state index contributed by atoms with van der Waals surface area (Å²) in [5.74, 6) is 0. The van der Waals surface area contributed by atoms with Gasteiger partial charge in [-0.2, -0.15) is 13.2 Å². The summed E-state index contributed by atoms with van der Waals surface area (Å²) in [5, 5.41) is 2.88. The second-order valence-corrected chi connectivity index (χ2v) is 4.86. The van der Waals surface area contributed by atoms with Crippen LogP contribution in [0.4, 0.5) is 13.2 Å². The van der Waals surface area contributed by atoms with Crippen molar-refractivity contribution in [3.05, 3.63) is 34.9 Å². The Labute approximate surface area is 112 Å². The van der Waals surface area contributed by atoms with E-state index in [-0.39, 0.29) is 0 Å². The zero-order valence-electron chi connectivity index (χ0n) is 11.6. The van der Waals surface area contributed by atoms with Gasteiger partial charge in [-0.05, 0) is 32.0 Å². The maximum absolute atomic E-state index is 12.5. The third-order valence-electron chi connectivity index (χ3n) is 2.97. The summed E-state index contributed by atoms with van der Waals surface area (Å²) in [6.45, 7) is 4.29. The van der Waals surface area contributed by atoms with Crippen molar-refractivity contribution in [3.63, 3.8) is 0 Å². The van der Waals surface area contributed by atoms with Crippen LogP contribution >= 0.6 is 0 Å². The van der Waals surface area contributed by atoms with Crippen LogP contribution in [0.2, 0.25) is 0 Å². The number of hydrogen-bond acceptors (Lipinski definition) is 2. The van der Waals surface area contributed by atoms with E-state index in [1.807, 2.05) is 32.0 Å². The summed E-state index contributed by atoms with van der Waals surface area (Å²) < 4.78 is 37.6. The van der Waals surface area contributed by atoms with Gasteiger partial charge in [0.05, 0.1) is 6.54 Å². The van der Waals surface area contributed by atoms with Gasteiger partial charge in [-0.1, -0.05) is 23.8 Å². The maximum Gasteiger partial charge on any atom is 0.401 e. The van der Waals surface area contributed by atoms with Crippen molar-refractivity contribution < 1.29 is 13.2 Å². The predicted octanol–water partition coefficient (Wildman–Crippen LogP) is 2.89. The van der Waals surface area contributed by atoms with Gasteiger partial charge >= 0.3 is 6.18 Å². The molecule has 0 amide bonds. The van der Waals surface area contributed by atoms with Crippen molar-refractivity contribution in [1.29, 1.82) is 0 Å². The first kappa shape index (κ1) is 16.0. The molecular weight excluding hydrogens is 253 g/mol. The summed E-state index contributed by atoms with van der Waals surface area (Å²) >= 11 is 0. The average molecular weight is 274 g/mol. The van der Waals surface area contributed by atoms with Gasteiger partial charge in [-0.3, -0.25) is 4.90 Å². The molecule has 0 aliphatic carbocycles. The zero-order chi connectivity index (χ0) is 14.5. The lowest BCUT2D eigenvalue weighted by Crippen LogP contribution is -2.37. The number of hydrogen-bond donors (Lipinski definition) is 1. The highest BCUT2D eigenvalue weighted by atomic mass is 19.4. The molecule has 5 heteroatoms. The van der Waals surface area contributed by atoms with Gasteiger partial charge in [0.15, 0.2) is 0 Å². The molecule has 19 heavy (non-hydrogen) atoms. The standard InChI is InChI=1S/C14H21F3N2/c1-11-4-5-13(12(2)8-11)9-19(7-6-18-3)10-14(15,16)17/h4-5,8,18H,6-7,9-10H2,1-3H3. The molecule has 1 aromatic rings. The first-order valence-corrected chi connectivity index (χ1v) is 6.31. The van der Waals surface area contributed by atoms with E-state index < -0.39 is 12.7 Å². The Kier molecular flexibility index (Phi) is 5.82. The molecule has 0 fully saturated rings. The van der Waals surface area contributed by atoms with Crippen molar-refractivity contribution in [2.45, 2.75) is 26.6 Å². The van der Waals surface area contributed by atoms with Crippen LogP contribution in [0.1, 0.15) is 16.7 Å². The fraction of sp³-hybridized carbons (Fsp3) is 0.571. The summed E-state index contributed by atoms with van der Waals surface area (Å²) in [4.78, 5) is 1.42. The van der Waals surface area contributed by atoms with Gasteiger partial charge in [0.25, 0.3) is 0 Å². The van der Waals surface area contributed by atoms with E-state index in [0.29, 0.717) is 19.6 Å². The number of nitrogens with one attached hydrogen (secondary N) is 1. The summed E-state index contributed by atoms with van der Waals surface area (Å²) in [7, 11) is 1.74. The van der Waals surface area contributed by atoms with Crippen LogP contribution in [-0.4, -0.2) is 37.8 Å². The van der Waals surface area contributed by atoms with Crippen LogP contribution in [0.5, 0.6) is 0 Å². The van der Waals surface area contributed by atoms with Crippen molar-refractivity contribution in [2.75, 3.05) is 26.7 Å². The Balaban J connectivity index is 2.75. The normalized spacial score (nSPS) is 12.2. The van der Waals surface area contributed by atoms with Gasteiger partial charge in [0, 0.05) is 19.6 Å². The molecule has 0 bridgehead atoms. The Bertz CT molecular complexity index is 402. The lowest BCUT2D eigenvalue weighted by atomic mass is 10.1. The molecule has 0 unspecified atom stereocenters. The van der Waals surface area contributed by atoms with Crippen LogP contribution in [-0.2, 0) is 6.54 Å². The SMILES string of the molecule is CNCCN(Cc1ccc(C)cc1C)CC(F)(F)F. The van der Waals surface area contributed by atoms with Crippen LogP contribution in [0.25, 0.3) is 0 Å². The number of benzene rings is 1. The molecule has 108 valence electrons. The lowest BCUT2D eigenvalue weighted by molar-refractivity contribution is -0.146. The second-order valence-electron chi connectivity index (χ2n) is 4.86. The number of nitrogens with zero attached hydrogens (tertiary/aromatic N) is 1. The Hall–Kier alpha value is -1.07. The number of likely N-dealkylation sites (N-methyl/N-ethyl adjacent to an activating group) is 1. The highest BCUT2D eigenvalue weighted by molar-refractivity contribution is 5.30. The molecule has 1 rings (SSSR count). The van der Waals surface area contributed by atoms with Crippen LogP contribution in [0, 0.1) is 13.8 Å². The molecular formula is C14H21F3N2. The molecule has 2 nitrogen and oxygen atoms in total. The first-order chi connectivity index (χ1) is 8.81. The van der Waals surface area contributed by atoms with E-state index in [2.05, 4.69) is 5.32 Å². The maximum atomic E-state index is 12.5. The van der Waals surface area contributed by atoms with Gasteiger partial charge in [-0.15, -0.1) is 0 Å². The van der Waals surface area contributed by atoms with Crippen LogP contribution < -0.4 is 5.32 Å². The Morgan fingerprint density at radius 3 is 2.42 bits per heavy atom. The van der Waals surface area contributed by atoms with E-state index in [4.69, 9.17) is 0 Å². The topological polar surface area (TPSA) is 15.3 Å². The second kappa shape index (κ2) is 6.91. The predicted molar refractivity (Wildman–Crippen MR) is 71.2 cm³/mol. The smallest absolute Gasteiger partial charge is 0.318 e. The third kappa shape index (κ3) is 6.07. The van der Waals surface area contributed by atoms with Gasteiger partial charge < -0.3 is 5.32 Å². The molecule has 0 spiro atoms. The lowest BCUT2D eigenvalue weighted by Gasteiger charge is -2.24. The summed E-state index contributed by atoms with van der Waals surface area (Å²) in [5.41, 5.74) is 3.11. The van der Waals surface area contributed by atoms with Crippen molar-refractivity contribution in [2.24, 2.45) is 0 Å². The molecule has 0 aliphatic heterocycles. The van der Waals surface area contributed by atoms with E-state index in [0.717, 1.165) is 16.7 Å². The molecule has 0 saturated carbocycles. The fourth-order valence-electron chi connectivity index (χ4n) is 2.00. The molecule has 0 aliphatic rings. The summed E-state index contributed by atoms with van der Waals surface area (Å²) in [6, 6.07) is 5.85. The number of aryl methyl sites for hydroxylation is 2. The highest BCUT2D eigenvalue weighted by Gasteiger charge is 2.30. The van der Waals surface area contributed by atoms with E-state index in [1.165, 1.54) is 4.90 Å². The molecule has 0 heterocycles. The minimum atomic E-state index is -4.16. The molecule has 0 radical (unpaired) electrons. The first-order valence-electron chi connectivity index (χ1n) is 6.31. The van der Waals surface area contributed by atoms with Gasteiger partial charge in [0.2, 0.25) is 0 Å². The molecule has 0 saturated heterocycles. The summed E-state index contributed by atoms with van der Waals surface area (Å²) in [6.07, 6.45) is -4.16. The minimum absolute atomic E-state index is 0.327. The van der Waals surface area contributed by atoms with Crippen LogP contribution in [0.3, 0.4) is 0 Å². The number of rotatable bonds is 6. The minimum Gasteiger partial charge on any atom is -0.318 e. The van der Waals surface area contributed by atoms with Crippen molar-refractivity contribution in [3.8, 4) is 0 Å². The van der Waals surface area contributed by atoms with Crippen LogP contribution in [0.15, 0.2) is 18.2 Å². The van der Waals surface area contributed by atoms with Gasteiger partial charge in [-0.25, -0.2) is 0 Å². The average Bonchev–Trinajstić information content (AvgIpc) is 2.27. The number of alkyl halides is 3. The van der Waals surface area contributed by atoms with Crippen molar-refractivity contribution >= 4 is 0 Å². The molecule has 0 atom stereocenters.